The van der Waals surface area contributed by atoms with Crippen molar-refractivity contribution >= 4 is 23.5 Å². The van der Waals surface area contributed by atoms with Crippen LogP contribution in [0.4, 0.5) is 0 Å². The summed E-state index contributed by atoms with van der Waals surface area (Å²) in [6.45, 7) is 0.859. The minimum atomic E-state index is 0.642. The normalized spacial score (nSPS) is 24.4. The number of rotatable bonds is 1. The van der Waals surface area contributed by atoms with E-state index in [9.17, 15) is 0 Å². The molecule has 2 atom stereocenters. The zero-order chi connectivity index (χ0) is 14.1. The van der Waals surface area contributed by atoms with Crippen LogP contribution in [0.3, 0.4) is 0 Å². The van der Waals surface area contributed by atoms with Crippen LogP contribution in [0.1, 0.15) is 12.0 Å². The average molecular weight is 314 g/mol. The van der Waals surface area contributed by atoms with E-state index in [4.69, 9.17) is 4.74 Å². The monoisotopic (exact) mass is 314 g/mol. The largest absolute Gasteiger partial charge is 0.493 e. The number of hydrogen-bond acceptors (Lipinski definition) is 3. The Kier molecular flexibility index (Phi) is 3.87. The third-order valence-corrected chi connectivity index (χ3v) is 7.26. The molecule has 2 aromatic rings. The highest BCUT2D eigenvalue weighted by molar-refractivity contribution is 8.06. The smallest absolute Gasteiger partial charge is 0.122 e. The summed E-state index contributed by atoms with van der Waals surface area (Å²) in [4.78, 5) is 2.89. The van der Waals surface area contributed by atoms with Gasteiger partial charge in [-0.2, -0.15) is 0 Å². The lowest BCUT2D eigenvalue weighted by molar-refractivity contribution is 0.253. The molecule has 108 valence electrons. The molecule has 3 heteroatoms. The predicted molar refractivity (Wildman–Crippen MR) is 90.6 cm³/mol. The van der Waals surface area contributed by atoms with Crippen LogP contribution in [-0.2, 0) is 6.42 Å². The zero-order valence-electron chi connectivity index (χ0n) is 11.8. The fourth-order valence-corrected chi connectivity index (χ4v) is 5.91. The summed E-state index contributed by atoms with van der Waals surface area (Å²) in [5, 5.41) is 0.666. The lowest BCUT2D eigenvalue weighted by Gasteiger charge is -2.29. The van der Waals surface area contributed by atoms with Crippen molar-refractivity contribution in [2.24, 2.45) is 5.92 Å². The van der Waals surface area contributed by atoms with E-state index in [0.717, 1.165) is 18.8 Å². The Balaban J connectivity index is 1.49. The van der Waals surface area contributed by atoms with Gasteiger partial charge in [0.25, 0.3) is 0 Å². The van der Waals surface area contributed by atoms with E-state index in [1.54, 1.807) is 0 Å². The van der Waals surface area contributed by atoms with Crippen LogP contribution < -0.4 is 4.74 Å². The van der Waals surface area contributed by atoms with Crippen molar-refractivity contribution in [3.8, 4) is 5.75 Å². The van der Waals surface area contributed by atoms with Crippen LogP contribution in [0, 0.1) is 5.92 Å². The fraction of sp³-hybridized carbons (Fsp3) is 0.333. The molecule has 2 aliphatic heterocycles. The number of hydrogen-bond donors (Lipinski definition) is 0. The highest BCUT2D eigenvalue weighted by Crippen LogP contribution is 2.44. The number of fused-ring (bicyclic) bond motifs is 2. The number of para-hydroxylation sites is 1. The Morgan fingerprint density at radius 1 is 0.952 bits per heavy atom. The van der Waals surface area contributed by atoms with Gasteiger partial charge in [-0.3, -0.25) is 0 Å². The van der Waals surface area contributed by atoms with Gasteiger partial charge in [0.15, 0.2) is 0 Å². The maximum Gasteiger partial charge on any atom is 0.122 e. The molecule has 0 aliphatic carbocycles. The zero-order valence-corrected chi connectivity index (χ0v) is 13.5. The molecule has 0 spiro atoms. The molecule has 2 heterocycles. The second-order valence-electron chi connectivity index (χ2n) is 5.63. The summed E-state index contributed by atoms with van der Waals surface area (Å²) in [7, 11) is 0. The maximum atomic E-state index is 6.08. The Hall–Kier alpha value is -1.06. The second kappa shape index (κ2) is 5.98. The molecule has 2 unspecified atom stereocenters. The van der Waals surface area contributed by atoms with Crippen LogP contribution in [0.5, 0.6) is 5.75 Å². The van der Waals surface area contributed by atoms with Gasteiger partial charge in [0.1, 0.15) is 5.75 Å². The summed E-state index contributed by atoms with van der Waals surface area (Å²) in [5.41, 5.74) is 1.37. The van der Waals surface area contributed by atoms with Gasteiger partial charge in [-0.1, -0.05) is 30.3 Å². The second-order valence-corrected chi connectivity index (χ2v) is 7.97. The van der Waals surface area contributed by atoms with E-state index in [-0.39, 0.29) is 0 Å². The summed E-state index contributed by atoms with van der Waals surface area (Å²) < 4.78 is 6.08. The highest BCUT2D eigenvalue weighted by Gasteiger charge is 2.29. The van der Waals surface area contributed by atoms with Crippen molar-refractivity contribution in [3.63, 3.8) is 0 Å². The van der Waals surface area contributed by atoms with Crippen molar-refractivity contribution in [2.75, 3.05) is 12.4 Å². The Labute approximate surface area is 134 Å². The van der Waals surface area contributed by atoms with Crippen LogP contribution in [-0.4, -0.2) is 17.6 Å². The number of benzene rings is 2. The topological polar surface area (TPSA) is 9.23 Å². The molecule has 21 heavy (non-hydrogen) atoms. The summed E-state index contributed by atoms with van der Waals surface area (Å²) in [5.74, 6) is 2.93. The molecule has 1 nitrogen and oxygen atoms in total. The first kappa shape index (κ1) is 13.6. The molecule has 0 radical (unpaired) electrons. The maximum absolute atomic E-state index is 6.08. The molecular weight excluding hydrogens is 296 g/mol. The summed E-state index contributed by atoms with van der Waals surface area (Å²) in [6.07, 6.45) is 2.38. The molecule has 0 amide bonds. The van der Waals surface area contributed by atoms with Gasteiger partial charge >= 0.3 is 0 Å². The van der Waals surface area contributed by atoms with E-state index in [1.807, 2.05) is 11.8 Å². The minimum absolute atomic E-state index is 0.642. The van der Waals surface area contributed by atoms with Gasteiger partial charge in [0.05, 0.1) is 6.61 Å². The molecule has 0 N–H and O–H groups in total. The Bertz CT molecular complexity index is 614. The first-order chi connectivity index (χ1) is 10.4. The van der Waals surface area contributed by atoms with Crippen molar-refractivity contribution in [1.29, 1.82) is 0 Å². The van der Waals surface area contributed by atoms with Gasteiger partial charge in [0, 0.05) is 26.7 Å². The molecular formula is C18H18OS2. The number of aryl methyl sites for hydroxylation is 1. The van der Waals surface area contributed by atoms with E-state index in [0.29, 0.717) is 11.2 Å². The van der Waals surface area contributed by atoms with Crippen LogP contribution in [0.2, 0.25) is 0 Å². The Morgan fingerprint density at radius 3 is 2.71 bits per heavy atom. The average Bonchev–Trinajstić information content (AvgIpc) is 2.77. The van der Waals surface area contributed by atoms with Gasteiger partial charge < -0.3 is 4.74 Å². The highest BCUT2D eigenvalue weighted by atomic mass is 32.2. The van der Waals surface area contributed by atoms with Crippen molar-refractivity contribution in [3.05, 3.63) is 54.1 Å². The summed E-state index contributed by atoms with van der Waals surface area (Å²) >= 11 is 4.06. The van der Waals surface area contributed by atoms with Gasteiger partial charge in [-0.05, 0) is 36.6 Å². The van der Waals surface area contributed by atoms with Crippen LogP contribution >= 0.6 is 23.5 Å². The standard InChI is InChI=1S/C18H18OS2/c1-2-6-15-13(5-1)9-10-14(11-19-15)18-12-20-16-7-3-4-8-17(16)21-18/h1-8,14,18H,9-12H2. The molecule has 0 aromatic heterocycles. The third kappa shape index (κ3) is 2.82. The van der Waals surface area contributed by atoms with Gasteiger partial charge in [-0.25, -0.2) is 0 Å². The number of ether oxygens (including phenoxy) is 1. The molecule has 0 saturated carbocycles. The van der Waals surface area contributed by atoms with Gasteiger partial charge in [-0.15, -0.1) is 23.5 Å². The Morgan fingerprint density at radius 2 is 1.76 bits per heavy atom. The third-order valence-electron chi connectivity index (χ3n) is 4.27. The molecule has 2 aliphatic rings. The van der Waals surface area contributed by atoms with E-state index in [1.165, 1.54) is 27.5 Å². The van der Waals surface area contributed by atoms with Crippen LogP contribution in [0.15, 0.2) is 58.3 Å². The molecule has 0 fully saturated rings. The SMILES string of the molecule is c1ccc2c(c1)CCC(C1CSc3ccccc3S1)CO2. The van der Waals surface area contributed by atoms with E-state index >= 15 is 0 Å². The van der Waals surface area contributed by atoms with Crippen molar-refractivity contribution in [2.45, 2.75) is 27.9 Å². The predicted octanol–water partition coefficient (Wildman–Crippen LogP) is 4.89. The summed E-state index contributed by atoms with van der Waals surface area (Å²) in [6, 6.07) is 17.3. The molecule has 0 bridgehead atoms. The molecule has 2 aromatic carbocycles. The lowest BCUT2D eigenvalue weighted by atomic mass is 9.98. The van der Waals surface area contributed by atoms with Gasteiger partial charge in [0.2, 0.25) is 0 Å². The van der Waals surface area contributed by atoms with Crippen molar-refractivity contribution in [1.82, 2.24) is 0 Å². The quantitative estimate of drug-likeness (QED) is 0.741. The molecule has 4 rings (SSSR count). The molecule has 0 saturated heterocycles. The fourth-order valence-electron chi connectivity index (χ4n) is 3.03. The minimum Gasteiger partial charge on any atom is -0.493 e. The lowest BCUT2D eigenvalue weighted by Crippen LogP contribution is -2.27. The first-order valence-electron chi connectivity index (χ1n) is 7.49. The number of thioether (sulfide) groups is 2. The van der Waals surface area contributed by atoms with E-state index < -0.39 is 0 Å². The first-order valence-corrected chi connectivity index (χ1v) is 9.36. The van der Waals surface area contributed by atoms with E-state index in [2.05, 4.69) is 60.3 Å². The van der Waals surface area contributed by atoms with Crippen LogP contribution in [0.25, 0.3) is 0 Å². The van der Waals surface area contributed by atoms with Crippen molar-refractivity contribution < 1.29 is 4.74 Å².